The van der Waals surface area contributed by atoms with Gasteiger partial charge in [-0.05, 0) is 60.9 Å². The Labute approximate surface area is 484 Å². The number of nitrogens with zero attached hydrogens (tertiary/aromatic N) is 5. The zero-order valence-corrected chi connectivity index (χ0v) is 48.6. The van der Waals surface area contributed by atoms with Gasteiger partial charge >= 0.3 is 26.0 Å². The fourth-order valence-electron chi connectivity index (χ4n) is 11.6. The molecule has 4 aromatic rings. The summed E-state index contributed by atoms with van der Waals surface area (Å²) in [6, 6.07) is 16.4. The predicted octanol–water partition coefficient (Wildman–Crippen LogP) is 8.00. The maximum atomic E-state index is 14.8. The molecule has 0 aromatic heterocycles. The maximum Gasteiger partial charge on any atom is 0.524 e. The summed E-state index contributed by atoms with van der Waals surface area (Å²) in [5.74, 6) is -2.63. The van der Waals surface area contributed by atoms with Crippen LogP contribution in [0.1, 0.15) is 74.8 Å². The number of carbonyl (C=O) groups is 8. The highest BCUT2D eigenvalue weighted by Gasteiger charge is 2.76. The molecule has 81 heavy (non-hydrogen) atoms. The van der Waals surface area contributed by atoms with Crippen molar-refractivity contribution in [2.45, 2.75) is 75.0 Å². The summed E-state index contributed by atoms with van der Waals surface area (Å²) in [5.41, 5.74) is 0.979. The van der Waals surface area contributed by atoms with Crippen molar-refractivity contribution in [2.75, 3.05) is 80.7 Å². The molecule has 26 heteroatoms. The van der Waals surface area contributed by atoms with Crippen molar-refractivity contribution in [2.24, 2.45) is 10.8 Å². The lowest BCUT2D eigenvalue weighted by molar-refractivity contribution is -0.205. The van der Waals surface area contributed by atoms with E-state index in [1.165, 1.54) is 63.7 Å². The molecule has 21 nitrogen and oxygen atoms in total. The third-order valence-electron chi connectivity index (χ3n) is 15.6. The monoisotopic (exact) mass is 1210 g/mol. The van der Waals surface area contributed by atoms with Crippen LogP contribution < -0.4 is 24.4 Å². The number of halogens is 2. The number of unbranched alkanes of at least 4 members (excludes halogenated alkanes) is 2. The Morgan fingerprint density at radius 3 is 1.79 bits per heavy atom. The van der Waals surface area contributed by atoms with Gasteiger partial charge in [0.2, 0.25) is 17.7 Å². The molecule has 2 bridgehead atoms. The van der Waals surface area contributed by atoms with Gasteiger partial charge in [0.1, 0.15) is 24.1 Å². The molecule has 1 unspecified atom stereocenters. The minimum absolute atomic E-state index is 0.00726. The minimum atomic E-state index is -4.97. The standard InChI is InChI=1S/C55H61Cl2N6O15PS2/c1-32(81-80-28-39(49(67)68)58-44(64)15-5-4-10-18-61-45(65)16-17-46(61)66)27-76-52(71)59(2)19-20-60(3)53(72)77-42-21-40-47(37-13-8-6-11-35(37)42)33(23-56)25-62(40)50(69)54-29-55(30-54,31-54)51(70)63-26-34(24-57)48-38-14-9-7-12-36(38)43(22-41(48)63)78-79(73,74)75/h6-9,11-14,16-17,21-22,32-34,39H,4-5,10,15,18-20,23-31H2,1-3H3,(H,58,64)(H,67,68)(H2,73,74,75)/t32-,33?,34-,39+,54?,55?/m1/s1. The fourth-order valence-corrected chi connectivity index (χ4v) is 14.8. The van der Waals surface area contributed by atoms with Gasteiger partial charge in [0, 0.05) is 123 Å². The maximum absolute atomic E-state index is 14.8. The number of carboxylic acid groups (broad SMARTS) is 1. The van der Waals surface area contributed by atoms with Crippen molar-refractivity contribution in [3.05, 3.63) is 83.9 Å². The van der Waals surface area contributed by atoms with Crippen molar-refractivity contribution in [3.63, 3.8) is 0 Å². The van der Waals surface area contributed by atoms with Crippen LogP contribution in [-0.4, -0.2) is 160 Å². The highest BCUT2D eigenvalue weighted by atomic mass is 35.5. The van der Waals surface area contributed by atoms with Gasteiger partial charge in [0.15, 0.2) is 0 Å². The number of aliphatic carboxylic acids is 1. The number of amides is 7. The van der Waals surface area contributed by atoms with E-state index in [0.29, 0.717) is 66.1 Å². The van der Waals surface area contributed by atoms with Gasteiger partial charge in [-0.2, -0.15) is 0 Å². The molecule has 10 rings (SSSR count). The molecule has 3 heterocycles. The summed E-state index contributed by atoms with van der Waals surface area (Å²) >= 11 is 13.1. The zero-order valence-electron chi connectivity index (χ0n) is 44.5. The summed E-state index contributed by atoms with van der Waals surface area (Å²) in [6.07, 6.45) is 3.56. The van der Waals surface area contributed by atoms with E-state index >= 15 is 0 Å². The van der Waals surface area contributed by atoms with E-state index in [4.69, 9.17) is 37.2 Å². The number of rotatable bonds is 24. The first kappa shape index (κ1) is 59.5. The van der Waals surface area contributed by atoms with Crippen LogP contribution in [0.5, 0.6) is 11.5 Å². The number of anilines is 2. The van der Waals surface area contributed by atoms with Crippen LogP contribution in [0.2, 0.25) is 0 Å². The molecule has 3 saturated carbocycles. The van der Waals surface area contributed by atoms with E-state index < -0.39 is 48.8 Å². The molecule has 3 fully saturated rings. The van der Waals surface area contributed by atoms with Crippen LogP contribution in [0.25, 0.3) is 21.5 Å². The summed E-state index contributed by atoms with van der Waals surface area (Å²) in [6.45, 7) is 2.70. The van der Waals surface area contributed by atoms with Gasteiger partial charge in [0.25, 0.3) is 11.8 Å². The van der Waals surface area contributed by atoms with Crippen LogP contribution >= 0.6 is 52.6 Å². The SMILES string of the molecule is C[C@H](COC(=O)N(C)CCN(C)C(=O)Oc1cc2c(c3ccccc13)C(CCl)CN2C(=O)C12CC(C(=O)N3C[C@@H](CCl)c4c3cc(OP(=O)(O)O)c3ccccc43)(C1)C2)SSC[C@H](NC(=O)CCCCCN1C(=O)C=CC1=O)C(=O)O. The van der Waals surface area contributed by atoms with Gasteiger partial charge in [-0.3, -0.25) is 38.7 Å². The Kier molecular flexibility index (Phi) is 17.9. The van der Waals surface area contributed by atoms with E-state index in [1.807, 2.05) is 30.3 Å². The molecule has 6 aliphatic rings. The van der Waals surface area contributed by atoms with Gasteiger partial charge in [0.05, 0.1) is 22.2 Å². The highest BCUT2D eigenvalue weighted by Crippen LogP contribution is 2.75. The van der Waals surface area contributed by atoms with E-state index in [2.05, 4.69) is 5.32 Å². The highest BCUT2D eigenvalue weighted by molar-refractivity contribution is 8.77. The van der Waals surface area contributed by atoms with Gasteiger partial charge < -0.3 is 44.0 Å². The molecule has 0 radical (unpaired) electrons. The number of hydrogen-bond acceptors (Lipinski definition) is 14. The first-order chi connectivity index (χ1) is 38.6. The lowest BCUT2D eigenvalue weighted by Crippen LogP contribution is -2.73. The van der Waals surface area contributed by atoms with Crippen molar-refractivity contribution >= 4 is 133 Å². The minimum Gasteiger partial charge on any atom is -0.480 e. The summed E-state index contributed by atoms with van der Waals surface area (Å²) in [5, 5.41) is 14.5. The number of phosphoric acid groups is 1. The second kappa shape index (κ2) is 24.4. The second-order valence-electron chi connectivity index (χ2n) is 21.3. The number of benzene rings is 4. The average Bonchev–Trinajstić information content (AvgIpc) is 4.25. The Morgan fingerprint density at radius 1 is 0.765 bits per heavy atom. The number of likely N-dealkylation sites (N-methyl/N-ethyl adjacent to an activating group) is 2. The summed E-state index contributed by atoms with van der Waals surface area (Å²) < 4.78 is 28.7. The van der Waals surface area contributed by atoms with Crippen molar-refractivity contribution in [1.82, 2.24) is 20.0 Å². The third kappa shape index (κ3) is 12.4. The molecule has 0 spiro atoms. The summed E-state index contributed by atoms with van der Waals surface area (Å²) in [7, 11) is 0.576. The third-order valence-corrected chi connectivity index (χ3v) is 19.6. The molecule has 4 N–H and O–H groups in total. The molecule has 0 saturated heterocycles. The van der Waals surface area contributed by atoms with E-state index in [0.717, 1.165) is 21.4 Å². The van der Waals surface area contributed by atoms with Crippen molar-refractivity contribution in [1.29, 1.82) is 0 Å². The van der Waals surface area contributed by atoms with Crippen LogP contribution in [0.3, 0.4) is 0 Å². The number of imide groups is 1. The first-order valence-corrected chi connectivity index (χ1v) is 31.3. The molecular weight excluding hydrogens is 1150 g/mol. The number of carboxylic acids is 1. The van der Waals surface area contributed by atoms with Crippen LogP contribution in [0, 0.1) is 10.8 Å². The Hall–Kier alpha value is -6.07. The quantitative estimate of drug-likeness (QED) is 0.0170. The largest absolute Gasteiger partial charge is 0.524 e. The Balaban J connectivity index is 0.761. The zero-order chi connectivity index (χ0) is 58.1. The normalized spacial score (nSPS) is 21.2. The van der Waals surface area contributed by atoms with Crippen molar-refractivity contribution < 1.29 is 71.8 Å². The van der Waals surface area contributed by atoms with Crippen LogP contribution in [-0.2, 0) is 38.1 Å². The van der Waals surface area contributed by atoms with Crippen LogP contribution in [0.4, 0.5) is 21.0 Å². The number of fused-ring (bicyclic) bond motifs is 6. The molecule has 3 aliphatic carbocycles. The fraction of sp³-hybridized carbons (Fsp3) is 0.455. The molecule has 3 aliphatic heterocycles. The lowest BCUT2D eigenvalue weighted by atomic mass is 9.34. The predicted molar refractivity (Wildman–Crippen MR) is 307 cm³/mol. The molecule has 4 atom stereocenters. The smallest absolute Gasteiger partial charge is 0.480 e. The number of nitrogens with one attached hydrogen (secondary N) is 1. The number of hydrogen-bond donors (Lipinski definition) is 4. The van der Waals surface area contributed by atoms with E-state index in [9.17, 15) is 57.8 Å². The number of phosphoric ester groups is 1. The average molecular weight is 1210 g/mol. The Bertz CT molecular complexity index is 3250. The lowest BCUT2D eigenvalue weighted by Gasteiger charge is -2.69. The van der Waals surface area contributed by atoms with Crippen molar-refractivity contribution in [3.8, 4) is 11.5 Å². The van der Waals surface area contributed by atoms with Gasteiger partial charge in [-0.25, -0.2) is 18.9 Å². The van der Waals surface area contributed by atoms with Crippen LogP contribution in [0.15, 0.2) is 72.8 Å². The van der Waals surface area contributed by atoms with E-state index in [-0.39, 0.29) is 115 Å². The molecule has 4 aromatic carbocycles. The molecule has 432 valence electrons. The Morgan fingerprint density at radius 2 is 1.27 bits per heavy atom. The van der Waals surface area contributed by atoms with Gasteiger partial charge in [-0.15, -0.1) is 23.2 Å². The molecule has 7 amide bonds. The number of alkyl halides is 2. The van der Waals surface area contributed by atoms with Gasteiger partial charge in [-0.1, -0.05) is 76.5 Å². The number of ether oxygens (including phenoxy) is 2. The number of carbonyl (C=O) groups excluding carboxylic acids is 7. The molecular formula is C55H61Cl2N6O15PS2. The topological polar surface area (TPSA) is 270 Å². The first-order valence-electron chi connectivity index (χ1n) is 26.3. The van der Waals surface area contributed by atoms with E-state index in [1.54, 1.807) is 41.0 Å². The second-order valence-corrected chi connectivity index (χ2v) is 26.0. The summed E-state index contributed by atoms with van der Waals surface area (Å²) in [4.78, 5) is 131.